The molecule has 26 heavy (non-hydrogen) atoms. The molecule has 0 heterocycles. The van der Waals surface area contributed by atoms with E-state index in [1.807, 2.05) is 19.1 Å². The molecular formula is C20H29BO3PS. The summed E-state index contributed by atoms with van der Waals surface area (Å²) in [4.78, 5) is 0.272. The second-order valence-electron chi connectivity index (χ2n) is 8.65. The van der Waals surface area contributed by atoms with Crippen molar-refractivity contribution in [1.29, 1.82) is 0 Å². The molecule has 3 nitrogen and oxygen atoms in total. The first kappa shape index (κ1) is 20.4. The zero-order valence-electron chi connectivity index (χ0n) is 15.9. The van der Waals surface area contributed by atoms with E-state index in [1.165, 1.54) is 38.5 Å². The molecule has 3 radical (unpaired) electrons. The third-order valence-corrected chi connectivity index (χ3v) is 11.1. The minimum atomic E-state index is -3.62. The molecule has 0 aliphatic heterocycles. The van der Waals surface area contributed by atoms with Crippen LogP contribution < -0.4 is 0 Å². The van der Waals surface area contributed by atoms with Crippen molar-refractivity contribution in [2.24, 2.45) is 17.8 Å². The minimum absolute atomic E-state index is 0. The molecule has 1 atom stereocenters. The van der Waals surface area contributed by atoms with Crippen LogP contribution in [0.1, 0.15) is 44.1 Å². The summed E-state index contributed by atoms with van der Waals surface area (Å²) in [6, 6.07) is 6.91. The smallest absolute Gasteiger partial charge is 0.266 e. The molecule has 5 rings (SSSR count). The second-order valence-corrected chi connectivity index (χ2v) is 13.1. The van der Waals surface area contributed by atoms with E-state index in [1.54, 1.807) is 12.1 Å². The Labute approximate surface area is 161 Å². The molecular weight excluding hydrogens is 362 g/mol. The molecule has 141 valence electrons. The Balaban J connectivity index is 0.00000196. The molecule has 0 N–H and O–H groups in total. The second kappa shape index (κ2) is 7.56. The lowest BCUT2D eigenvalue weighted by atomic mass is 9.56. The highest BCUT2D eigenvalue weighted by molar-refractivity contribution is 7.86. The molecule has 4 aliphatic rings. The van der Waals surface area contributed by atoms with Crippen molar-refractivity contribution in [3.8, 4) is 0 Å². The van der Waals surface area contributed by atoms with Crippen LogP contribution in [0, 0.1) is 24.7 Å². The topological polar surface area (TPSA) is 43.4 Å². The van der Waals surface area contributed by atoms with Gasteiger partial charge in [-0.3, -0.25) is 4.18 Å². The number of hydrogen-bond acceptors (Lipinski definition) is 3. The summed E-state index contributed by atoms with van der Waals surface area (Å²) in [7, 11) is -3.79. The lowest BCUT2D eigenvalue weighted by Gasteiger charge is -2.59. The molecule has 1 aromatic carbocycles. The Morgan fingerprint density at radius 2 is 1.54 bits per heavy atom. The van der Waals surface area contributed by atoms with Gasteiger partial charge in [0.2, 0.25) is 0 Å². The van der Waals surface area contributed by atoms with Crippen LogP contribution in [0.25, 0.3) is 0 Å². The molecule has 4 aliphatic carbocycles. The Morgan fingerprint density at radius 1 is 1.04 bits per heavy atom. The van der Waals surface area contributed by atoms with Gasteiger partial charge in [-0.05, 0) is 93.3 Å². The Bertz CT molecular complexity index is 697. The van der Waals surface area contributed by atoms with Gasteiger partial charge < -0.3 is 0 Å². The van der Waals surface area contributed by atoms with Crippen LogP contribution in [0.4, 0.5) is 0 Å². The summed E-state index contributed by atoms with van der Waals surface area (Å²) >= 11 is 0. The molecule has 0 unspecified atom stereocenters. The highest BCUT2D eigenvalue weighted by Gasteiger charge is 2.52. The fourth-order valence-electron chi connectivity index (χ4n) is 5.83. The number of hydrogen-bond donors (Lipinski definition) is 0. The summed E-state index contributed by atoms with van der Waals surface area (Å²) in [5.74, 6) is 2.86. The van der Waals surface area contributed by atoms with E-state index in [0.717, 1.165) is 29.5 Å². The van der Waals surface area contributed by atoms with Crippen LogP contribution >= 0.6 is 7.92 Å². The van der Waals surface area contributed by atoms with Gasteiger partial charge in [0.25, 0.3) is 10.1 Å². The van der Waals surface area contributed by atoms with Crippen molar-refractivity contribution in [2.75, 3.05) is 19.4 Å². The summed E-state index contributed by atoms with van der Waals surface area (Å²) < 4.78 is 30.1. The van der Waals surface area contributed by atoms with Gasteiger partial charge in [-0.15, -0.1) is 7.92 Å². The monoisotopic (exact) mass is 391 g/mol. The quantitative estimate of drug-likeness (QED) is 0.410. The first-order valence-electron chi connectivity index (χ1n) is 9.54. The average Bonchev–Trinajstić information content (AvgIpc) is 2.53. The maximum Gasteiger partial charge on any atom is 0.296 e. The van der Waals surface area contributed by atoms with Gasteiger partial charge in [0, 0.05) is 8.41 Å². The van der Waals surface area contributed by atoms with Gasteiger partial charge >= 0.3 is 0 Å². The van der Waals surface area contributed by atoms with Crippen molar-refractivity contribution in [3.63, 3.8) is 0 Å². The standard InChI is InChI=1S/C20H29O3PS.B/c1-15-3-5-19(6-4-15)25(21,22)23-7-8-24(2)20-12-16-9-17(13-20)11-18(10-16)14-20;/h3-6,16-18H,7-14H2,1-2H3;/t16?,17?,18?,20?,24-;/m0./s1. The Morgan fingerprint density at radius 3 is 2.04 bits per heavy atom. The largest absolute Gasteiger partial charge is 0.296 e. The molecule has 4 saturated carbocycles. The van der Waals surface area contributed by atoms with Gasteiger partial charge in [0.05, 0.1) is 11.5 Å². The van der Waals surface area contributed by atoms with Crippen molar-refractivity contribution >= 4 is 26.5 Å². The number of aryl methyl sites for hydroxylation is 1. The summed E-state index contributed by atoms with van der Waals surface area (Å²) in [6.45, 7) is 4.68. The lowest BCUT2D eigenvalue weighted by molar-refractivity contribution is 0.0356. The zero-order valence-corrected chi connectivity index (χ0v) is 17.6. The third-order valence-electron chi connectivity index (χ3n) is 6.79. The van der Waals surface area contributed by atoms with Crippen molar-refractivity contribution < 1.29 is 12.6 Å². The number of rotatable bonds is 6. The molecule has 0 saturated heterocycles. The van der Waals surface area contributed by atoms with Crippen molar-refractivity contribution in [1.82, 2.24) is 0 Å². The molecule has 0 spiro atoms. The third kappa shape index (κ3) is 3.91. The van der Waals surface area contributed by atoms with E-state index in [4.69, 9.17) is 4.18 Å². The zero-order chi connectivity index (χ0) is 17.7. The van der Waals surface area contributed by atoms with Crippen molar-refractivity contribution in [3.05, 3.63) is 29.8 Å². The van der Waals surface area contributed by atoms with Gasteiger partial charge in [-0.2, -0.15) is 8.42 Å². The van der Waals surface area contributed by atoms with E-state index in [0.29, 0.717) is 11.8 Å². The molecule has 0 amide bonds. The van der Waals surface area contributed by atoms with Crippen LogP contribution in [-0.2, 0) is 14.3 Å². The molecule has 4 fully saturated rings. The summed E-state index contributed by atoms with van der Waals surface area (Å²) in [5.41, 5.74) is 1.05. The van der Waals surface area contributed by atoms with Crippen LogP contribution in [-0.4, -0.2) is 41.4 Å². The van der Waals surface area contributed by atoms with Crippen LogP contribution in [0.15, 0.2) is 29.2 Å². The van der Waals surface area contributed by atoms with E-state index in [2.05, 4.69) is 6.66 Å². The first-order valence-corrected chi connectivity index (χ1v) is 12.9. The fourth-order valence-corrected chi connectivity index (χ4v) is 9.41. The van der Waals surface area contributed by atoms with Gasteiger partial charge in [0.15, 0.2) is 0 Å². The lowest BCUT2D eigenvalue weighted by Crippen LogP contribution is -2.49. The SMILES string of the molecule is Cc1ccc(S(=O)(=O)OCC[P@](C)C23CC4CC(CC(C4)C2)C3)cc1.[B]. The fraction of sp³-hybridized carbons (Fsp3) is 0.700. The van der Waals surface area contributed by atoms with E-state index < -0.39 is 10.1 Å². The normalized spacial score (nSPS) is 33.7. The van der Waals surface area contributed by atoms with Gasteiger partial charge in [-0.1, -0.05) is 17.7 Å². The van der Waals surface area contributed by atoms with Crippen LogP contribution in [0.5, 0.6) is 0 Å². The number of benzene rings is 1. The van der Waals surface area contributed by atoms with Crippen molar-refractivity contribution in [2.45, 2.75) is 55.5 Å². The van der Waals surface area contributed by atoms with Crippen LogP contribution in [0.3, 0.4) is 0 Å². The first-order chi connectivity index (χ1) is 11.9. The predicted molar refractivity (Wildman–Crippen MR) is 109 cm³/mol. The highest BCUT2D eigenvalue weighted by Crippen LogP contribution is 2.67. The molecule has 6 heteroatoms. The Hall–Kier alpha value is -0.375. The summed E-state index contributed by atoms with van der Waals surface area (Å²) in [5, 5.41) is 0.529. The molecule has 1 aromatic rings. The average molecular weight is 391 g/mol. The molecule has 0 aromatic heterocycles. The van der Waals surface area contributed by atoms with Gasteiger partial charge in [0.1, 0.15) is 0 Å². The van der Waals surface area contributed by atoms with E-state index >= 15 is 0 Å². The van der Waals surface area contributed by atoms with Gasteiger partial charge in [-0.25, -0.2) is 0 Å². The van der Waals surface area contributed by atoms with E-state index in [9.17, 15) is 8.42 Å². The van der Waals surface area contributed by atoms with E-state index in [-0.39, 0.29) is 21.2 Å². The predicted octanol–water partition coefficient (Wildman–Crippen LogP) is 4.40. The maximum atomic E-state index is 12.4. The minimum Gasteiger partial charge on any atom is -0.266 e. The molecule has 4 bridgehead atoms. The highest BCUT2D eigenvalue weighted by atomic mass is 32.2. The maximum absolute atomic E-state index is 12.4. The summed E-state index contributed by atoms with van der Waals surface area (Å²) in [6.07, 6.45) is 9.47. The van der Waals surface area contributed by atoms with Crippen LogP contribution in [0.2, 0.25) is 0 Å². The Kier molecular flexibility index (Phi) is 5.92.